The summed E-state index contributed by atoms with van der Waals surface area (Å²) in [5.74, 6) is 0.693. The Hall–Kier alpha value is -9.22. The van der Waals surface area contributed by atoms with Crippen LogP contribution in [0, 0.1) is 6.92 Å². The molecule has 0 aromatic heterocycles. The third kappa shape index (κ3) is 27.7. The summed E-state index contributed by atoms with van der Waals surface area (Å²) in [5, 5.41) is 6.56. The molecule has 13 heterocycles. The Bertz CT molecular complexity index is 5610. The maximum atomic E-state index is 12.5. The molecule has 5 spiro atoms. The number of benzene rings is 6. The summed E-state index contributed by atoms with van der Waals surface area (Å²) in [6, 6.07) is 41.5. The van der Waals surface area contributed by atoms with Crippen molar-refractivity contribution in [1.82, 2.24) is 39.6 Å². The van der Waals surface area contributed by atoms with Crippen LogP contribution in [0.1, 0.15) is 233 Å². The number of rotatable bonds is 6. The van der Waals surface area contributed by atoms with E-state index in [1.54, 1.807) is 44.4 Å². The number of amides is 9. The van der Waals surface area contributed by atoms with Gasteiger partial charge in [0.1, 0.15) is 17.0 Å². The topological polar surface area (TPSA) is 294 Å². The van der Waals surface area contributed by atoms with Crippen molar-refractivity contribution in [3.8, 4) is 11.1 Å². The van der Waals surface area contributed by atoms with Crippen molar-refractivity contribution in [3.63, 3.8) is 0 Å². The van der Waals surface area contributed by atoms with Gasteiger partial charge in [0.15, 0.2) is 0 Å². The zero-order valence-corrected chi connectivity index (χ0v) is 94.3. The first kappa shape index (κ1) is 113. The molecule has 19 rings (SSSR count). The van der Waals surface area contributed by atoms with Crippen LogP contribution >= 0.6 is 75.3 Å². The number of hydrogen-bond acceptors (Lipinski definition) is 20. The Balaban J connectivity index is 0.000000148. The highest BCUT2D eigenvalue weighted by Crippen LogP contribution is 2.54. The highest BCUT2D eigenvalue weighted by Gasteiger charge is 2.52. The second-order valence-corrected chi connectivity index (χ2v) is 46.9. The number of Topliss-reactive ketones (excluding diaryl/α,β-unsaturated/α-hetero) is 1. The van der Waals surface area contributed by atoms with Gasteiger partial charge in [0.05, 0.1) is 19.8 Å². The molecule has 34 heteroatoms. The molecule has 6 aromatic carbocycles. The van der Waals surface area contributed by atoms with Gasteiger partial charge in [0, 0.05) is 231 Å². The predicted molar refractivity (Wildman–Crippen MR) is 583 cm³/mol. The Labute approximate surface area is 895 Å². The maximum absolute atomic E-state index is 12.5. The van der Waals surface area contributed by atoms with Gasteiger partial charge in [-0.15, -0.1) is 0 Å². The smallest absolute Gasteiger partial charge is 0.410 e. The number of anilines is 5. The normalized spacial score (nSPS) is 19.8. The van der Waals surface area contributed by atoms with Crippen molar-refractivity contribution < 1.29 is 76.4 Å². The molecule has 29 nitrogen and oxygen atoms in total. The lowest BCUT2D eigenvalue weighted by Crippen LogP contribution is -2.52. The molecule has 145 heavy (non-hydrogen) atoms. The first-order valence-corrected chi connectivity index (χ1v) is 55.2. The van der Waals surface area contributed by atoms with Gasteiger partial charge >= 0.3 is 30.5 Å². The highest BCUT2D eigenvalue weighted by atomic mass is 79.9. The number of nitrogens with one attached hydrogen (secondary N) is 2. The second kappa shape index (κ2) is 49.0. The Morgan fingerprint density at radius 2 is 0.655 bits per heavy atom. The van der Waals surface area contributed by atoms with Gasteiger partial charge in [0.25, 0.3) is 0 Å². The third-order valence-electron chi connectivity index (χ3n) is 30.9. The van der Waals surface area contributed by atoms with Crippen molar-refractivity contribution in [2.45, 2.75) is 257 Å². The molecule has 0 aliphatic carbocycles. The van der Waals surface area contributed by atoms with Crippen LogP contribution in [0.15, 0.2) is 133 Å². The van der Waals surface area contributed by atoms with E-state index in [1.165, 1.54) is 57.1 Å². The summed E-state index contributed by atoms with van der Waals surface area (Å²) in [6.07, 6.45) is 13.9. The van der Waals surface area contributed by atoms with E-state index in [2.05, 4.69) is 194 Å². The Morgan fingerprint density at radius 1 is 0.366 bits per heavy atom. The molecular formula is C111H148Br4ClN13O16. The van der Waals surface area contributed by atoms with Crippen LogP contribution in [0.3, 0.4) is 0 Å². The molecule has 9 amide bonds. The number of carbonyl (C=O) groups is 11. The number of hydrogen-bond donors (Lipinski definition) is 2. The van der Waals surface area contributed by atoms with Crippen molar-refractivity contribution in [1.29, 1.82) is 0 Å². The second-order valence-electron chi connectivity index (χ2n) is 42.7. The summed E-state index contributed by atoms with van der Waals surface area (Å²) in [7, 11) is 0. The number of fused-ring (bicyclic) bond motifs is 10. The number of ether oxygens (including phenoxy) is 5. The summed E-state index contributed by atoms with van der Waals surface area (Å²) >= 11 is 18.9. The van der Waals surface area contributed by atoms with Gasteiger partial charge in [-0.25, -0.2) is 24.0 Å². The number of aryl methyl sites for hydroxylation is 1. The van der Waals surface area contributed by atoms with E-state index in [9.17, 15) is 52.7 Å². The van der Waals surface area contributed by atoms with E-state index in [0.717, 1.165) is 235 Å². The van der Waals surface area contributed by atoms with E-state index in [1.807, 2.05) is 114 Å². The molecule has 2 N–H and O–H groups in total. The van der Waals surface area contributed by atoms with Crippen molar-refractivity contribution >= 4 is 169 Å². The first-order valence-electron chi connectivity index (χ1n) is 51.7. The van der Waals surface area contributed by atoms with E-state index in [4.69, 9.17) is 23.7 Å². The van der Waals surface area contributed by atoms with Gasteiger partial charge in [0.2, 0.25) is 28.9 Å². The van der Waals surface area contributed by atoms with Crippen molar-refractivity contribution in [2.75, 3.05) is 182 Å². The highest BCUT2D eigenvalue weighted by molar-refractivity contribution is 9.11. The van der Waals surface area contributed by atoms with E-state index >= 15 is 0 Å². The zero-order chi connectivity index (χ0) is 105. The largest absolute Gasteiger partial charge is 0.450 e. The number of nitrogens with zero attached hydrogens (tertiary/aromatic N) is 11. The molecule has 0 unspecified atom stereocenters. The average Bonchev–Trinajstić information content (AvgIpc) is 1.55. The monoisotopic (exact) mass is 2270 g/mol. The van der Waals surface area contributed by atoms with Crippen LogP contribution in [0.25, 0.3) is 11.1 Å². The van der Waals surface area contributed by atoms with Gasteiger partial charge in [-0.1, -0.05) is 99.6 Å². The Kier molecular flexibility index (Phi) is 38.2. The van der Waals surface area contributed by atoms with E-state index in [-0.39, 0.29) is 92.2 Å². The quantitative estimate of drug-likeness (QED) is 0.116. The van der Waals surface area contributed by atoms with E-state index < -0.39 is 11.2 Å². The summed E-state index contributed by atoms with van der Waals surface area (Å²) in [4.78, 5) is 150. The first-order chi connectivity index (χ1) is 68.8. The van der Waals surface area contributed by atoms with Gasteiger partial charge < -0.3 is 88.2 Å². The van der Waals surface area contributed by atoms with Crippen molar-refractivity contribution in [2.24, 2.45) is 0 Å². The molecule has 13 aliphatic rings. The zero-order valence-electron chi connectivity index (χ0n) is 87.2. The molecule has 0 atom stereocenters. The van der Waals surface area contributed by atoms with Crippen LogP contribution < -0.4 is 30.2 Å². The number of halogens is 5. The molecular weight excluding hydrogens is 2130 g/mol. The van der Waals surface area contributed by atoms with Crippen LogP contribution in [0.4, 0.5) is 52.4 Å². The van der Waals surface area contributed by atoms with Gasteiger partial charge in [-0.05, 0) is 334 Å². The van der Waals surface area contributed by atoms with Crippen LogP contribution in [-0.2, 0) is 79.5 Å². The number of piperidine rings is 8. The number of carbonyl (C=O) groups excluding carboxylic acids is 11. The Morgan fingerprint density at radius 3 is 0.993 bits per heavy atom. The minimum absolute atomic E-state index is 0.0177. The average molecular weight is 2280 g/mol. The van der Waals surface area contributed by atoms with E-state index in [0.29, 0.717) is 77.5 Å². The fourth-order valence-corrected chi connectivity index (χ4v) is 24.5. The molecule has 0 saturated carbocycles. The lowest BCUT2D eigenvalue weighted by Gasteiger charge is -2.45. The summed E-state index contributed by atoms with van der Waals surface area (Å²) in [6.45, 7) is 45.3. The number of likely N-dealkylation sites (tertiary alicyclic amines) is 7. The third-order valence-corrected chi connectivity index (χ3v) is 32.9. The fraction of sp³-hybridized carbons (Fsp3) is 0.577. The minimum Gasteiger partial charge on any atom is -0.450 e. The predicted octanol–water partition coefficient (Wildman–Crippen LogP) is 21.0. The molecule has 8 saturated heterocycles. The standard InChI is InChI=1S/C29H37N3O3.C22H30BrN3O3.C19H25BrN2O3.C17H23BrN2O2.C14H17BrN2O.C8H13NO3.C2H3ClO/c1-4-35-28(34)31-15-11-25(12-16-31)30-17-13-29(14-18-30)20-32(22(3)33)27-10-9-24(19-26(27)29)23-7-5-21(2)6-8-23;1-3-29-21(28)25-10-6-18(7-11-25)24-12-8-22(9-13-24)15-26(16(2)27)20-5-4-17(23)14-19(20)22;1-13(23)22-12-19(15-11-14(20)5-6-16(15)22)7-9-21(10-8-19)17(24)25-18(2,3)4;1-16(2,3)22-15(21)20-8-6-17(7-9-20)11-19-14-5-4-12(18)10-13(14)17;1-10(18)17-9-14(4-6-16-7-5-14)12-8-11(15)2-3-13(12)17;1-2-12-8(11)9-5-3-7(10)4-6-9;1-2(3)4/h5-10,19,25H,4,11-18,20H2,1-3H3;4-5,14,18H,3,6-13,15H2,1-2H3;5-6,11H,7-10,12H2,1-4H3;4-5,10,19H,6-9,11H2,1-3H3;2-3,8,16H,4-7,9H2,1H3;2-6H2,1H3;1H3. The summed E-state index contributed by atoms with van der Waals surface area (Å²) in [5.41, 5.74) is 15.2. The lowest BCUT2D eigenvalue weighted by atomic mass is 9.73. The molecule has 0 radical (unpaired) electrons. The SMILES string of the molecule is CC(=O)Cl.CC(=O)N1CC2(CCN(C(=O)OC(C)(C)C)CC2)c2cc(Br)ccc21.CC(=O)N1CC2(CCNCC2)c2cc(Br)ccc21.CC(C)(C)OC(=O)N1CCC2(CC1)CNc1ccc(Br)cc12.CCOC(=O)N1CCC(=O)CC1.CCOC(=O)N1CCC(N2CCC3(CC2)CN(C(C)=O)c2ccc(-c4ccc(C)cc4)cc23)CC1.CCOC(=O)N1CCC(N2CCC3(CC2)CN(C(C)=O)c2ccc(Br)cc23)CC1. The van der Waals surface area contributed by atoms with Gasteiger partial charge in [-0.2, -0.15) is 0 Å². The molecule has 6 aromatic rings. The summed E-state index contributed by atoms with van der Waals surface area (Å²) < 4.78 is 30.4. The molecule has 788 valence electrons. The maximum Gasteiger partial charge on any atom is 0.410 e. The van der Waals surface area contributed by atoms with Crippen LogP contribution in [0.2, 0.25) is 0 Å². The number of ketones is 1. The fourth-order valence-electron chi connectivity index (χ4n) is 23.1. The van der Waals surface area contributed by atoms with Crippen molar-refractivity contribution in [3.05, 3.63) is 167 Å². The molecule has 8 fully saturated rings. The van der Waals surface area contributed by atoms with Crippen LogP contribution in [-0.4, -0.2) is 280 Å². The van der Waals surface area contributed by atoms with Gasteiger partial charge in [-0.3, -0.25) is 28.8 Å². The van der Waals surface area contributed by atoms with Crippen LogP contribution in [0.5, 0.6) is 0 Å². The minimum atomic E-state index is -0.484. The molecule has 13 aliphatic heterocycles. The lowest BCUT2D eigenvalue weighted by molar-refractivity contribution is -0.121. The molecule has 0 bridgehead atoms.